The van der Waals surface area contributed by atoms with Crippen molar-refractivity contribution in [2.45, 2.75) is 25.9 Å². The minimum Gasteiger partial charge on any atom is -0.481 e. The van der Waals surface area contributed by atoms with E-state index in [9.17, 15) is 9.59 Å². The molecule has 1 aromatic heterocycles. The van der Waals surface area contributed by atoms with Crippen LogP contribution in [0.15, 0.2) is 12.5 Å². The Morgan fingerprint density at radius 3 is 3.07 bits per heavy atom. The average Bonchev–Trinajstić information content (AvgIpc) is 2.64. The quantitative estimate of drug-likeness (QED) is 0.657. The molecule has 1 atom stereocenters. The molecule has 0 aliphatic heterocycles. The van der Waals surface area contributed by atoms with Crippen molar-refractivity contribution in [2.24, 2.45) is 0 Å². The number of hydrogen-bond donors (Lipinski definition) is 2. The van der Waals surface area contributed by atoms with E-state index >= 15 is 0 Å². The van der Waals surface area contributed by atoms with Crippen molar-refractivity contribution in [1.29, 1.82) is 0 Å². The summed E-state index contributed by atoms with van der Waals surface area (Å²) in [5.41, 5.74) is 0.701. The van der Waals surface area contributed by atoms with E-state index in [0.29, 0.717) is 18.6 Å². The molecule has 0 bridgehead atoms. The molecule has 82 valence electrons. The SMILES string of the molecule is CCn1cncc1[C@H](CC(=O)O)NC=O. The molecule has 0 saturated carbocycles. The molecule has 1 amide bonds. The Hall–Kier alpha value is -1.85. The minimum atomic E-state index is -0.960. The first-order chi connectivity index (χ1) is 7.19. The molecule has 1 rings (SSSR count). The highest BCUT2D eigenvalue weighted by molar-refractivity contribution is 5.68. The van der Waals surface area contributed by atoms with Gasteiger partial charge in [-0.05, 0) is 6.92 Å². The number of aromatic nitrogens is 2. The first-order valence-corrected chi connectivity index (χ1v) is 4.60. The van der Waals surface area contributed by atoms with Crippen molar-refractivity contribution >= 4 is 12.4 Å². The molecule has 6 nitrogen and oxygen atoms in total. The van der Waals surface area contributed by atoms with Crippen molar-refractivity contribution in [1.82, 2.24) is 14.9 Å². The largest absolute Gasteiger partial charge is 0.481 e. The number of hydrogen-bond acceptors (Lipinski definition) is 3. The highest BCUT2D eigenvalue weighted by Gasteiger charge is 2.17. The molecule has 0 radical (unpaired) electrons. The fraction of sp³-hybridized carbons (Fsp3) is 0.444. The van der Waals surface area contributed by atoms with Crippen LogP contribution in [0.25, 0.3) is 0 Å². The van der Waals surface area contributed by atoms with Gasteiger partial charge < -0.3 is 15.0 Å². The van der Waals surface area contributed by atoms with Crippen molar-refractivity contribution in [2.75, 3.05) is 0 Å². The lowest BCUT2D eigenvalue weighted by molar-refractivity contribution is -0.137. The molecule has 1 aromatic rings. The summed E-state index contributed by atoms with van der Waals surface area (Å²) in [5.74, 6) is -0.960. The monoisotopic (exact) mass is 211 g/mol. The van der Waals surface area contributed by atoms with Crippen molar-refractivity contribution in [3.05, 3.63) is 18.2 Å². The van der Waals surface area contributed by atoms with Crippen molar-refractivity contribution in [3.8, 4) is 0 Å². The molecule has 0 spiro atoms. The first-order valence-electron chi connectivity index (χ1n) is 4.60. The third-order valence-electron chi connectivity index (χ3n) is 2.09. The van der Waals surface area contributed by atoms with Gasteiger partial charge in [0.15, 0.2) is 0 Å². The highest BCUT2D eigenvalue weighted by atomic mass is 16.4. The van der Waals surface area contributed by atoms with Crippen LogP contribution >= 0.6 is 0 Å². The van der Waals surface area contributed by atoms with Gasteiger partial charge in [0, 0.05) is 6.54 Å². The van der Waals surface area contributed by atoms with Crippen LogP contribution in [0, 0.1) is 0 Å². The maximum Gasteiger partial charge on any atom is 0.305 e. The maximum atomic E-state index is 10.6. The van der Waals surface area contributed by atoms with Gasteiger partial charge in [0.1, 0.15) is 0 Å². The zero-order valence-electron chi connectivity index (χ0n) is 8.38. The van der Waals surface area contributed by atoms with Crippen LogP contribution in [0.5, 0.6) is 0 Å². The zero-order chi connectivity index (χ0) is 11.3. The van der Waals surface area contributed by atoms with E-state index in [0.717, 1.165) is 0 Å². The highest BCUT2D eigenvalue weighted by Crippen LogP contribution is 2.15. The molecule has 6 heteroatoms. The molecule has 0 saturated heterocycles. The van der Waals surface area contributed by atoms with E-state index in [1.54, 1.807) is 17.1 Å². The summed E-state index contributed by atoms with van der Waals surface area (Å²) in [6.07, 6.45) is 3.52. The predicted molar refractivity (Wildman–Crippen MR) is 52.1 cm³/mol. The number of carbonyl (C=O) groups is 2. The number of imidazole rings is 1. The molecule has 0 unspecified atom stereocenters. The number of carboxylic acids is 1. The number of rotatable bonds is 6. The molecule has 15 heavy (non-hydrogen) atoms. The van der Waals surface area contributed by atoms with Crippen molar-refractivity contribution in [3.63, 3.8) is 0 Å². The first kappa shape index (κ1) is 11.2. The van der Waals surface area contributed by atoms with E-state index in [1.807, 2.05) is 6.92 Å². The summed E-state index contributed by atoms with van der Waals surface area (Å²) in [7, 11) is 0. The van der Waals surface area contributed by atoms with Crippen LogP contribution in [0.4, 0.5) is 0 Å². The Kier molecular flexibility index (Phi) is 3.84. The Labute approximate surface area is 86.9 Å². The summed E-state index contributed by atoms with van der Waals surface area (Å²) >= 11 is 0. The number of amides is 1. The van der Waals surface area contributed by atoms with E-state index in [4.69, 9.17) is 5.11 Å². The van der Waals surface area contributed by atoms with Gasteiger partial charge in [0.05, 0.1) is 30.7 Å². The van der Waals surface area contributed by atoms with Crippen LogP contribution in [-0.2, 0) is 16.1 Å². The number of nitrogens with one attached hydrogen (secondary N) is 1. The van der Waals surface area contributed by atoms with Crippen molar-refractivity contribution < 1.29 is 14.7 Å². The normalized spacial score (nSPS) is 12.1. The van der Waals surface area contributed by atoms with Crippen LogP contribution in [0.2, 0.25) is 0 Å². The molecule has 0 aromatic carbocycles. The average molecular weight is 211 g/mol. The predicted octanol–water partition coefficient (Wildman–Crippen LogP) is 0.165. The van der Waals surface area contributed by atoms with Gasteiger partial charge in [0.2, 0.25) is 6.41 Å². The third kappa shape index (κ3) is 2.80. The van der Waals surface area contributed by atoms with Crippen LogP contribution in [0.1, 0.15) is 25.1 Å². The summed E-state index contributed by atoms with van der Waals surface area (Å²) in [5, 5.41) is 11.2. The molecule has 0 aliphatic rings. The lowest BCUT2D eigenvalue weighted by Gasteiger charge is -2.15. The minimum absolute atomic E-state index is 0.148. The molecule has 0 aliphatic carbocycles. The fourth-order valence-corrected chi connectivity index (χ4v) is 1.39. The van der Waals surface area contributed by atoms with E-state index in [1.165, 1.54) is 0 Å². The summed E-state index contributed by atoms with van der Waals surface area (Å²) in [4.78, 5) is 24.9. The lowest BCUT2D eigenvalue weighted by atomic mass is 10.1. The van der Waals surface area contributed by atoms with Gasteiger partial charge in [-0.1, -0.05) is 0 Å². The standard InChI is InChI=1S/C9H13N3O3/c1-2-12-5-10-4-8(12)7(11-6-13)3-9(14)15/h4-7H,2-3H2,1H3,(H,11,13)(H,14,15)/t7-/m0/s1. The number of aliphatic carboxylic acids is 1. The Balaban J connectivity index is 2.87. The molecule has 1 heterocycles. The van der Waals surface area contributed by atoms with Crippen LogP contribution in [0.3, 0.4) is 0 Å². The van der Waals surface area contributed by atoms with Gasteiger partial charge in [0.25, 0.3) is 0 Å². The molecular weight excluding hydrogens is 198 g/mol. The summed E-state index contributed by atoms with van der Waals surface area (Å²) < 4.78 is 1.80. The number of aryl methyl sites for hydroxylation is 1. The van der Waals surface area contributed by atoms with E-state index in [-0.39, 0.29) is 6.42 Å². The third-order valence-corrected chi connectivity index (χ3v) is 2.09. The second-order valence-electron chi connectivity index (χ2n) is 3.04. The topological polar surface area (TPSA) is 84.2 Å². The van der Waals surface area contributed by atoms with Crippen LogP contribution < -0.4 is 5.32 Å². The maximum absolute atomic E-state index is 10.6. The van der Waals surface area contributed by atoms with Gasteiger partial charge >= 0.3 is 5.97 Å². The summed E-state index contributed by atoms with van der Waals surface area (Å²) in [6, 6.07) is -0.526. The Bertz CT molecular complexity index is 348. The summed E-state index contributed by atoms with van der Waals surface area (Å²) in [6.45, 7) is 2.61. The van der Waals surface area contributed by atoms with Gasteiger partial charge in [-0.2, -0.15) is 0 Å². The molecule has 0 fully saturated rings. The number of carboxylic acid groups (broad SMARTS) is 1. The van der Waals surface area contributed by atoms with Gasteiger partial charge in [-0.15, -0.1) is 0 Å². The molecular formula is C9H13N3O3. The van der Waals surface area contributed by atoms with E-state index in [2.05, 4.69) is 10.3 Å². The number of nitrogens with zero attached hydrogens (tertiary/aromatic N) is 2. The smallest absolute Gasteiger partial charge is 0.305 e. The van der Waals surface area contributed by atoms with Gasteiger partial charge in [-0.25, -0.2) is 4.98 Å². The lowest BCUT2D eigenvalue weighted by Crippen LogP contribution is -2.24. The van der Waals surface area contributed by atoms with Crippen LogP contribution in [-0.4, -0.2) is 27.0 Å². The van der Waals surface area contributed by atoms with Gasteiger partial charge in [-0.3, -0.25) is 9.59 Å². The second-order valence-corrected chi connectivity index (χ2v) is 3.04. The number of carbonyl (C=O) groups excluding carboxylic acids is 1. The Morgan fingerprint density at radius 1 is 1.80 bits per heavy atom. The molecule has 2 N–H and O–H groups in total. The second kappa shape index (κ2) is 5.14. The van der Waals surface area contributed by atoms with E-state index < -0.39 is 12.0 Å². The Morgan fingerprint density at radius 2 is 2.53 bits per heavy atom. The fourth-order valence-electron chi connectivity index (χ4n) is 1.39. The zero-order valence-corrected chi connectivity index (χ0v) is 8.38.